The third-order valence-corrected chi connectivity index (χ3v) is 6.46. The minimum absolute atomic E-state index is 0.00145. The fraction of sp³-hybridized carbons (Fsp3) is 0.471. The van der Waals surface area contributed by atoms with E-state index in [4.69, 9.17) is 5.14 Å². The number of thioether (sulfide) groups is 1. The molecule has 4 N–H and O–H groups in total. The van der Waals surface area contributed by atoms with E-state index in [0.717, 1.165) is 12.2 Å². The van der Waals surface area contributed by atoms with Crippen LogP contribution in [0.1, 0.15) is 38.4 Å². The van der Waals surface area contributed by atoms with Gasteiger partial charge in [0.05, 0.1) is 10.1 Å². The minimum atomic E-state index is -3.75. The van der Waals surface area contributed by atoms with E-state index in [2.05, 4.69) is 20.5 Å². The molecule has 27 heavy (non-hydrogen) atoms. The summed E-state index contributed by atoms with van der Waals surface area (Å²) in [4.78, 5) is 16.8. The van der Waals surface area contributed by atoms with Crippen molar-refractivity contribution in [3.8, 4) is 0 Å². The number of carbonyl (C=O) groups excluding carboxylic acids is 1. The van der Waals surface area contributed by atoms with Gasteiger partial charge in [0.15, 0.2) is 0 Å². The highest BCUT2D eigenvalue weighted by Gasteiger charge is 2.20. The number of anilines is 1. The van der Waals surface area contributed by atoms with Gasteiger partial charge >= 0.3 is 0 Å². The fourth-order valence-corrected chi connectivity index (χ4v) is 4.35. The molecule has 8 nitrogen and oxygen atoms in total. The van der Waals surface area contributed by atoms with E-state index in [0.29, 0.717) is 16.8 Å². The summed E-state index contributed by atoms with van der Waals surface area (Å²) in [6.07, 6.45) is 5.97. The zero-order valence-corrected chi connectivity index (χ0v) is 16.6. The third kappa shape index (κ3) is 5.53. The first-order chi connectivity index (χ1) is 12.8. The van der Waals surface area contributed by atoms with Crippen molar-refractivity contribution in [1.82, 2.24) is 15.2 Å². The number of nitrogens with two attached hydrogens (primary N) is 1. The number of aromatic nitrogens is 3. The summed E-state index contributed by atoms with van der Waals surface area (Å²) in [5, 5.41) is 15.1. The van der Waals surface area contributed by atoms with Gasteiger partial charge in [-0.2, -0.15) is 0 Å². The molecule has 2 aromatic rings. The van der Waals surface area contributed by atoms with Crippen molar-refractivity contribution < 1.29 is 13.2 Å². The molecule has 0 radical (unpaired) electrons. The monoisotopic (exact) mass is 409 g/mol. The molecule has 1 unspecified atom stereocenters. The number of benzene rings is 1. The number of amides is 1. The second-order valence-corrected chi connectivity index (χ2v) is 9.61. The number of hydrogen-bond acceptors (Lipinski definition) is 6. The van der Waals surface area contributed by atoms with E-state index in [1.165, 1.54) is 61.7 Å². The molecule has 1 heterocycles. The normalized spacial score (nSPS) is 16.4. The first-order valence-electron chi connectivity index (χ1n) is 8.83. The Kier molecular flexibility index (Phi) is 6.18. The van der Waals surface area contributed by atoms with Crippen molar-refractivity contribution in [2.75, 3.05) is 5.32 Å². The summed E-state index contributed by atoms with van der Waals surface area (Å²) in [6, 6.07) is 5.71. The maximum absolute atomic E-state index is 12.3. The van der Waals surface area contributed by atoms with Crippen LogP contribution in [0.15, 0.2) is 34.3 Å². The van der Waals surface area contributed by atoms with E-state index in [1.807, 2.05) is 0 Å². The molecule has 1 aliphatic carbocycles. The molecule has 0 spiro atoms. The molecule has 1 saturated carbocycles. The van der Waals surface area contributed by atoms with Gasteiger partial charge in [0.2, 0.25) is 21.1 Å². The summed E-state index contributed by atoms with van der Waals surface area (Å²) in [5.41, 5.74) is 0.497. The molecular formula is C17H23N5O3S2. The predicted molar refractivity (Wildman–Crippen MR) is 104 cm³/mol. The maximum atomic E-state index is 12.3. The summed E-state index contributed by atoms with van der Waals surface area (Å²) in [6.45, 7) is 1.77. The van der Waals surface area contributed by atoms with Crippen LogP contribution >= 0.6 is 11.8 Å². The fourth-order valence-electron chi connectivity index (χ4n) is 3.09. The topological polar surface area (TPSA) is 131 Å². The van der Waals surface area contributed by atoms with E-state index >= 15 is 0 Å². The summed E-state index contributed by atoms with van der Waals surface area (Å²) in [7, 11) is -3.75. The van der Waals surface area contributed by atoms with Crippen LogP contribution < -0.4 is 10.5 Å². The van der Waals surface area contributed by atoms with E-state index in [-0.39, 0.29) is 10.8 Å². The van der Waals surface area contributed by atoms with Crippen LogP contribution in [-0.2, 0) is 21.2 Å². The van der Waals surface area contributed by atoms with Crippen LogP contribution in [0, 0.1) is 5.92 Å². The average Bonchev–Trinajstić information content (AvgIpc) is 3.27. The van der Waals surface area contributed by atoms with E-state index in [9.17, 15) is 13.2 Å². The molecule has 0 saturated heterocycles. The van der Waals surface area contributed by atoms with Gasteiger partial charge in [-0.15, -0.1) is 5.10 Å². The van der Waals surface area contributed by atoms with Crippen LogP contribution in [-0.4, -0.2) is 34.8 Å². The molecule has 1 amide bonds. The van der Waals surface area contributed by atoms with Crippen molar-refractivity contribution in [3.63, 3.8) is 0 Å². The molecule has 0 bridgehead atoms. The second-order valence-electron chi connectivity index (χ2n) is 6.74. The lowest BCUT2D eigenvalue weighted by Crippen LogP contribution is -2.22. The van der Waals surface area contributed by atoms with Gasteiger partial charge in [0.25, 0.3) is 0 Å². The number of rotatable bonds is 7. The van der Waals surface area contributed by atoms with Crippen LogP contribution in [0.25, 0.3) is 0 Å². The minimum Gasteiger partial charge on any atom is -0.325 e. The molecule has 146 valence electrons. The van der Waals surface area contributed by atoms with E-state index in [1.54, 1.807) is 6.92 Å². The van der Waals surface area contributed by atoms with Gasteiger partial charge in [-0.1, -0.05) is 37.4 Å². The van der Waals surface area contributed by atoms with Crippen LogP contribution in [0.4, 0.5) is 5.69 Å². The highest BCUT2D eigenvalue weighted by atomic mass is 32.2. The molecule has 1 atom stereocenters. The van der Waals surface area contributed by atoms with Gasteiger partial charge in [-0.3, -0.25) is 9.89 Å². The quantitative estimate of drug-likeness (QED) is 0.601. The number of hydrogen-bond donors (Lipinski definition) is 3. The van der Waals surface area contributed by atoms with Crippen molar-refractivity contribution in [2.24, 2.45) is 11.1 Å². The average molecular weight is 410 g/mol. The van der Waals surface area contributed by atoms with Crippen molar-refractivity contribution in [1.29, 1.82) is 0 Å². The van der Waals surface area contributed by atoms with Crippen molar-refractivity contribution >= 4 is 33.4 Å². The van der Waals surface area contributed by atoms with Gasteiger partial charge in [-0.25, -0.2) is 18.5 Å². The smallest absolute Gasteiger partial charge is 0.238 e. The predicted octanol–water partition coefficient (Wildman–Crippen LogP) is 2.30. The number of nitrogens with zero attached hydrogens (tertiary/aromatic N) is 2. The Labute approximate surface area is 162 Å². The van der Waals surface area contributed by atoms with Crippen LogP contribution in [0.2, 0.25) is 0 Å². The third-order valence-electron chi connectivity index (χ3n) is 4.57. The van der Waals surface area contributed by atoms with Crippen molar-refractivity contribution in [3.05, 3.63) is 30.1 Å². The molecule has 0 aliphatic heterocycles. The lowest BCUT2D eigenvalue weighted by Gasteiger charge is -2.10. The SMILES string of the molecule is CC(Sc1n[nH]c(CC2CCCC2)n1)C(=O)Nc1ccc(S(N)(=O)=O)cc1. The second kappa shape index (κ2) is 8.41. The highest BCUT2D eigenvalue weighted by Crippen LogP contribution is 2.28. The number of primary sulfonamides is 1. The highest BCUT2D eigenvalue weighted by molar-refractivity contribution is 8.00. The van der Waals surface area contributed by atoms with Gasteiger partial charge in [0, 0.05) is 12.1 Å². The van der Waals surface area contributed by atoms with Crippen molar-refractivity contribution in [2.45, 2.75) is 54.3 Å². The summed E-state index contributed by atoms with van der Waals surface area (Å²) in [5.74, 6) is 1.33. The molecule has 1 aromatic heterocycles. The van der Waals surface area contributed by atoms with Crippen LogP contribution in [0.3, 0.4) is 0 Å². The Bertz CT molecular complexity index is 890. The zero-order valence-electron chi connectivity index (χ0n) is 15.0. The maximum Gasteiger partial charge on any atom is 0.238 e. The number of aromatic amines is 1. The lowest BCUT2D eigenvalue weighted by atomic mass is 10.0. The summed E-state index contributed by atoms with van der Waals surface area (Å²) < 4.78 is 22.5. The lowest BCUT2D eigenvalue weighted by molar-refractivity contribution is -0.115. The molecular weight excluding hydrogens is 386 g/mol. The Morgan fingerprint density at radius 3 is 2.63 bits per heavy atom. The Hall–Kier alpha value is -1.91. The zero-order chi connectivity index (χ0) is 19.4. The molecule has 3 rings (SSSR count). The van der Waals surface area contributed by atoms with E-state index < -0.39 is 15.3 Å². The van der Waals surface area contributed by atoms with Gasteiger partial charge in [0.1, 0.15) is 5.82 Å². The Morgan fingerprint density at radius 2 is 2.00 bits per heavy atom. The number of carbonyl (C=O) groups is 1. The number of nitrogens with one attached hydrogen (secondary N) is 2. The van der Waals surface area contributed by atoms with Gasteiger partial charge in [-0.05, 0) is 37.1 Å². The number of sulfonamides is 1. The first-order valence-corrected chi connectivity index (χ1v) is 11.3. The number of H-pyrrole nitrogens is 1. The van der Waals surface area contributed by atoms with Gasteiger partial charge < -0.3 is 5.32 Å². The Morgan fingerprint density at radius 1 is 1.33 bits per heavy atom. The largest absolute Gasteiger partial charge is 0.325 e. The standard InChI is InChI=1S/C17H23N5O3S2/c1-11(16(23)19-13-6-8-14(9-7-13)27(18,24)25)26-17-20-15(21-22-17)10-12-4-2-3-5-12/h6-9,11-12H,2-5,10H2,1H3,(H,19,23)(H2,18,24,25)(H,20,21,22). The first kappa shape index (κ1) is 19.8. The molecule has 1 aromatic carbocycles. The molecule has 1 aliphatic rings. The molecule has 1 fully saturated rings. The summed E-state index contributed by atoms with van der Waals surface area (Å²) >= 11 is 1.28. The molecule has 10 heteroatoms. The Balaban J connectivity index is 1.53. The van der Waals surface area contributed by atoms with Crippen LogP contribution in [0.5, 0.6) is 0 Å².